The minimum absolute atomic E-state index is 0.0509. The van der Waals surface area contributed by atoms with Crippen LogP contribution < -0.4 is 4.72 Å². The van der Waals surface area contributed by atoms with Crippen LogP contribution in [-0.4, -0.2) is 25.1 Å². The molecular formula is C13H16N2O4S. The van der Waals surface area contributed by atoms with E-state index in [0.29, 0.717) is 18.4 Å². The van der Waals surface area contributed by atoms with E-state index in [1.807, 2.05) is 6.07 Å². The number of benzene rings is 1. The predicted molar refractivity (Wildman–Crippen MR) is 73.9 cm³/mol. The van der Waals surface area contributed by atoms with Gasteiger partial charge in [0.15, 0.2) is 0 Å². The highest BCUT2D eigenvalue weighted by Crippen LogP contribution is 2.34. The van der Waals surface area contributed by atoms with E-state index in [9.17, 15) is 18.5 Å². The fraction of sp³-hybridized carbons (Fsp3) is 0.538. The second-order valence-electron chi connectivity index (χ2n) is 5.62. The normalized spacial score (nSPS) is 21.7. The fourth-order valence-electron chi connectivity index (χ4n) is 2.82. The maximum atomic E-state index is 12.0. The van der Waals surface area contributed by atoms with E-state index in [0.717, 1.165) is 18.4 Å². The zero-order valence-corrected chi connectivity index (χ0v) is 11.7. The highest BCUT2D eigenvalue weighted by molar-refractivity contribution is 7.89. The first-order chi connectivity index (χ1) is 9.44. The van der Waals surface area contributed by atoms with Crippen LogP contribution >= 0.6 is 0 Å². The highest BCUT2D eigenvalue weighted by Gasteiger charge is 2.33. The average molecular weight is 296 g/mol. The lowest BCUT2D eigenvalue weighted by Crippen LogP contribution is -2.31. The van der Waals surface area contributed by atoms with Crippen LogP contribution in [0.5, 0.6) is 0 Å². The molecule has 1 aromatic rings. The zero-order chi connectivity index (χ0) is 14.3. The number of hydrogen-bond acceptors (Lipinski definition) is 4. The van der Waals surface area contributed by atoms with Crippen molar-refractivity contribution in [3.63, 3.8) is 0 Å². The van der Waals surface area contributed by atoms with E-state index in [1.165, 1.54) is 6.07 Å². The van der Waals surface area contributed by atoms with Gasteiger partial charge in [-0.05, 0) is 37.2 Å². The maximum absolute atomic E-state index is 12.0. The molecule has 1 N–H and O–H groups in total. The standard InChI is InChI=1S/C13H16N2O4S/c16-15(17)13-3-1-2-10-6-9(7-12(10)13)8-20(18,19)14-11-4-5-11/h1-3,9,11,14H,4-8H2. The Morgan fingerprint density at radius 3 is 2.70 bits per heavy atom. The Kier molecular flexibility index (Phi) is 3.25. The second kappa shape index (κ2) is 4.82. The molecule has 2 aliphatic rings. The number of nitro groups is 1. The largest absolute Gasteiger partial charge is 0.272 e. The third-order valence-electron chi connectivity index (χ3n) is 3.83. The van der Waals surface area contributed by atoms with Crippen LogP contribution in [-0.2, 0) is 22.9 Å². The van der Waals surface area contributed by atoms with Crippen molar-refractivity contribution in [3.05, 3.63) is 39.4 Å². The molecule has 0 heterocycles. The Morgan fingerprint density at radius 2 is 2.05 bits per heavy atom. The van der Waals surface area contributed by atoms with Crippen molar-refractivity contribution in [2.24, 2.45) is 5.92 Å². The first kappa shape index (κ1) is 13.5. The van der Waals surface area contributed by atoms with E-state index in [4.69, 9.17) is 0 Å². The molecule has 1 aromatic carbocycles. The van der Waals surface area contributed by atoms with Gasteiger partial charge in [-0.1, -0.05) is 12.1 Å². The van der Waals surface area contributed by atoms with Crippen molar-refractivity contribution >= 4 is 15.7 Å². The van der Waals surface area contributed by atoms with Crippen LogP contribution in [0.2, 0.25) is 0 Å². The monoisotopic (exact) mass is 296 g/mol. The molecule has 1 fully saturated rings. The van der Waals surface area contributed by atoms with Crippen LogP contribution in [0.3, 0.4) is 0 Å². The Balaban J connectivity index is 1.73. The number of nitrogens with zero attached hydrogens (tertiary/aromatic N) is 1. The summed E-state index contributed by atoms with van der Waals surface area (Å²) in [7, 11) is -3.27. The lowest BCUT2D eigenvalue weighted by molar-refractivity contribution is -0.385. The molecule has 3 rings (SSSR count). The van der Waals surface area contributed by atoms with E-state index in [-0.39, 0.29) is 23.4 Å². The van der Waals surface area contributed by atoms with Crippen LogP contribution in [0.25, 0.3) is 0 Å². The SMILES string of the molecule is O=[N+]([O-])c1cccc2c1CC(CS(=O)(=O)NC1CC1)C2. The molecule has 7 heteroatoms. The van der Waals surface area contributed by atoms with Crippen LogP contribution in [0, 0.1) is 16.0 Å². The van der Waals surface area contributed by atoms with Gasteiger partial charge in [-0.25, -0.2) is 13.1 Å². The van der Waals surface area contributed by atoms with Gasteiger partial charge in [0.05, 0.1) is 10.7 Å². The summed E-state index contributed by atoms with van der Waals surface area (Å²) in [6.45, 7) is 0. The quantitative estimate of drug-likeness (QED) is 0.657. The molecule has 0 amide bonds. The van der Waals surface area contributed by atoms with Gasteiger partial charge < -0.3 is 0 Å². The minimum atomic E-state index is -3.27. The molecule has 0 saturated heterocycles. The summed E-state index contributed by atoms with van der Waals surface area (Å²) in [6.07, 6.45) is 2.89. The predicted octanol–water partition coefficient (Wildman–Crippen LogP) is 1.39. The molecular weight excluding hydrogens is 280 g/mol. The van der Waals surface area contributed by atoms with Gasteiger partial charge in [0.25, 0.3) is 5.69 Å². The van der Waals surface area contributed by atoms with Gasteiger partial charge in [-0.3, -0.25) is 10.1 Å². The number of nitro benzene ring substituents is 1. The molecule has 0 aromatic heterocycles. The molecule has 0 spiro atoms. The summed E-state index contributed by atoms with van der Waals surface area (Å²) >= 11 is 0. The summed E-state index contributed by atoms with van der Waals surface area (Å²) in [5.41, 5.74) is 1.72. The van der Waals surface area contributed by atoms with Crippen LogP contribution in [0.4, 0.5) is 5.69 Å². The van der Waals surface area contributed by atoms with E-state index in [1.54, 1.807) is 6.07 Å². The molecule has 1 unspecified atom stereocenters. The summed E-state index contributed by atoms with van der Waals surface area (Å²) in [5, 5.41) is 11.0. The van der Waals surface area contributed by atoms with Gasteiger partial charge in [-0.15, -0.1) is 0 Å². The Hall–Kier alpha value is -1.47. The van der Waals surface area contributed by atoms with Gasteiger partial charge in [0.2, 0.25) is 10.0 Å². The number of hydrogen-bond donors (Lipinski definition) is 1. The Labute approximate surface area is 117 Å². The highest BCUT2D eigenvalue weighted by atomic mass is 32.2. The van der Waals surface area contributed by atoms with E-state index >= 15 is 0 Å². The lowest BCUT2D eigenvalue weighted by Gasteiger charge is -2.10. The second-order valence-corrected chi connectivity index (χ2v) is 7.42. The Morgan fingerprint density at radius 1 is 1.30 bits per heavy atom. The van der Waals surface area contributed by atoms with Crippen molar-refractivity contribution < 1.29 is 13.3 Å². The van der Waals surface area contributed by atoms with Gasteiger partial charge >= 0.3 is 0 Å². The van der Waals surface area contributed by atoms with Crippen molar-refractivity contribution in [3.8, 4) is 0 Å². The summed E-state index contributed by atoms with van der Waals surface area (Å²) in [4.78, 5) is 10.6. The average Bonchev–Trinajstić information content (AvgIpc) is 3.04. The smallest absolute Gasteiger partial charge is 0.258 e. The third kappa shape index (κ3) is 2.83. The van der Waals surface area contributed by atoms with E-state index < -0.39 is 14.9 Å². The minimum Gasteiger partial charge on any atom is -0.258 e. The topological polar surface area (TPSA) is 89.3 Å². The van der Waals surface area contributed by atoms with E-state index in [2.05, 4.69) is 4.72 Å². The molecule has 108 valence electrons. The number of sulfonamides is 1. The fourth-order valence-corrected chi connectivity index (χ4v) is 4.52. The van der Waals surface area contributed by atoms with Crippen LogP contribution in [0.1, 0.15) is 24.0 Å². The summed E-state index contributed by atoms with van der Waals surface area (Å²) < 4.78 is 26.6. The molecule has 20 heavy (non-hydrogen) atoms. The summed E-state index contributed by atoms with van der Waals surface area (Å²) in [6, 6.07) is 5.11. The first-order valence-electron chi connectivity index (χ1n) is 6.70. The van der Waals surface area contributed by atoms with Crippen molar-refractivity contribution in [1.29, 1.82) is 0 Å². The van der Waals surface area contributed by atoms with Gasteiger partial charge in [-0.2, -0.15) is 0 Å². The molecule has 1 saturated carbocycles. The molecule has 2 aliphatic carbocycles. The first-order valence-corrected chi connectivity index (χ1v) is 8.35. The molecule has 6 nitrogen and oxygen atoms in total. The van der Waals surface area contributed by atoms with Gasteiger partial charge in [0.1, 0.15) is 0 Å². The van der Waals surface area contributed by atoms with Crippen LogP contribution in [0.15, 0.2) is 18.2 Å². The van der Waals surface area contributed by atoms with Crippen molar-refractivity contribution in [2.45, 2.75) is 31.7 Å². The molecule has 0 bridgehead atoms. The number of nitrogens with one attached hydrogen (secondary N) is 1. The molecule has 0 radical (unpaired) electrons. The maximum Gasteiger partial charge on any atom is 0.272 e. The number of fused-ring (bicyclic) bond motifs is 1. The van der Waals surface area contributed by atoms with Crippen molar-refractivity contribution in [2.75, 3.05) is 5.75 Å². The third-order valence-corrected chi connectivity index (χ3v) is 5.43. The van der Waals surface area contributed by atoms with Crippen molar-refractivity contribution in [1.82, 2.24) is 4.72 Å². The number of rotatable bonds is 5. The molecule has 0 aliphatic heterocycles. The summed E-state index contributed by atoms with van der Waals surface area (Å²) in [5.74, 6) is -0.0163. The lowest BCUT2D eigenvalue weighted by atomic mass is 10.1. The zero-order valence-electron chi connectivity index (χ0n) is 10.9. The Bertz CT molecular complexity index is 652. The van der Waals surface area contributed by atoms with Gasteiger partial charge in [0, 0.05) is 17.7 Å². The molecule has 1 atom stereocenters.